The molecule has 0 spiro atoms. The molecule has 2 N–H and O–H groups in total. The SMILES string of the molecule is CC(C)(C)OC(=O)NCCNc1ccn2ncc(Br)c2n1. The third kappa shape index (κ3) is 4.59. The molecular formula is C13H18BrN5O2. The van der Waals surface area contributed by atoms with Crippen molar-refractivity contribution in [2.45, 2.75) is 26.4 Å². The number of amides is 1. The number of anilines is 1. The van der Waals surface area contributed by atoms with Gasteiger partial charge in [0.2, 0.25) is 0 Å². The summed E-state index contributed by atoms with van der Waals surface area (Å²) in [5.74, 6) is 0.717. The van der Waals surface area contributed by atoms with E-state index in [4.69, 9.17) is 4.74 Å². The van der Waals surface area contributed by atoms with E-state index in [0.29, 0.717) is 13.1 Å². The second kappa shape index (κ2) is 6.30. The first-order chi connectivity index (χ1) is 9.85. The van der Waals surface area contributed by atoms with Gasteiger partial charge in [0, 0.05) is 19.3 Å². The van der Waals surface area contributed by atoms with Crippen LogP contribution < -0.4 is 10.6 Å². The lowest BCUT2D eigenvalue weighted by atomic mass is 10.2. The summed E-state index contributed by atoms with van der Waals surface area (Å²) in [6.07, 6.45) is 3.08. The Labute approximate surface area is 131 Å². The zero-order chi connectivity index (χ0) is 15.5. The summed E-state index contributed by atoms with van der Waals surface area (Å²) in [6.45, 7) is 6.48. The van der Waals surface area contributed by atoms with Crippen LogP contribution in [0.3, 0.4) is 0 Å². The Kier molecular flexibility index (Phi) is 4.66. The van der Waals surface area contributed by atoms with Gasteiger partial charge < -0.3 is 15.4 Å². The fraction of sp³-hybridized carbons (Fsp3) is 0.462. The van der Waals surface area contributed by atoms with Gasteiger partial charge in [-0.15, -0.1) is 0 Å². The number of halogens is 1. The molecule has 2 aromatic rings. The van der Waals surface area contributed by atoms with Gasteiger partial charge in [-0.3, -0.25) is 0 Å². The Hall–Kier alpha value is -1.83. The van der Waals surface area contributed by atoms with Crippen LogP contribution in [0.25, 0.3) is 5.65 Å². The van der Waals surface area contributed by atoms with Crippen LogP contribution in [0.15, 0.2) is 22.9 Å². The molecule has 2 heterocycles. The molecule has 21 heavy (non-hydrogen) atoms. The quantitative estimate of drug-likeness (QED) is 0.823. The van der Waals surface area contributed by atoms with Gasteiger partial charge in [0.15, 0.2) is 5.65 Å². The van der Waals surface area contributed by atoms with E-state index in [-0.39, 0.29) is 0 Å². The van der Waals surface area contributed by atoms with Gasteiger partial charge in [-0.05, 0) is 42.8 Å². The topological polar surface area (TPSA) is 80.5 Å². The molecule has 0 aliphatic carbocycles. The molecule has 0 radical (unpaired) electrons. The van der Waals surface area contributed by atoms with Gasteiger partial charge in [-0.2, -0.15) is 5.10 Å². The molecule has 7 nitrogen and oxygen atoms in total. The van der Waals surface area contributed by atoms with E-state index in [2.05, 4.69) is 36.6 Å². The number of rotatable bonds is 4. The zero-order valence-corrected chi connectivity index (χ0v) is 13.8. The molecule has 0 saturated carbocycles. The molecule has 0 fully saturated rings. The monoisotopic (exact) mass is 355 g/mol. The highest BCUT2D eigenvalue weighted by Gasteiger charge is 2.15. The van der Waals surface area contributed by atoms with E-state index in [1.54, 1.807) is 10.7 Å². The number of hydrogen-bond acceptors (Lipinski definition) is 5. The van der Waals surface area contributed by atoms with E-state index >= 15 is 0 Å². The molecule has 1 amide bonds. The van der Waals surface area contributed by atoms with E-state index in [9.17, 15) is 4.79 Å². The summed E-state index contributed by atoms with van der Waals surface area (Å²) in [4.78, 5) is 15.9. The molecule has 0 saturated heterocycles. The second-order valence-corrected chi connectivity index (χ2v) is 6.28. The highest BCUT2D eigenvalue weighted by molar-refractivity contribution is 9.10. The third-order valence-corrected chi connectivity index (χ3v) is 2.98. The van der Waals surface area contributed by atoms with Crippen LogP contribution in [0.5, 0.6) is 0 Å². The van der Waals surface area contributed by atoms with Crippen molar-refractivity contribution < 1.29 is 9.53 Å². The van der Waals surface area contributed by atoms with E-state index in [1.165, 1.54) is 0 Å². The van der Waals surface area contributed by atoms with Crippen molar-refractivity contribution in [3.63, 3.8) is 0 Å². The lowest BCUT2D eigenvalue weighted by molar-refractivity contribution is 0.0530. The highest BCUT2D eigenvalue weighted by Crippen LogP contribution is 2.16. The first kappa shape index (κ1) is 15.6. The van der Waals surface area contributed by atoms with Gasteiger partial charge in [-0.1, -0.05) is 0 Å². The third-order valence-electron chi connectivity index (χ3n) is 2.43. The largest absolute Gasteiger partial charge is 0.444 e. The number of alkyl carbamates (subject to hydrolysis) is 1. The van der Waals surface area contributed by atoms with E-state index < -0.39 is 11.7 Å². The smallest absolute Gasteiger partial charge is 0.407 e. The molecule has 0 aromatic carbocycles. The maximum absolute atomic E-state index is 11.5. The second-order valence-electron chi connectivity index (χ2n) is 5.43. The summed E-state index contributed by atoms with van der Waals surface area (Å²) in [5, 5.41) is 9.92. The molecule has 8 heteroatoms. The van der Waals surface area contributed by atoms with Crippen LogP contribution in [0.4, 0.5) is 10.6 Å². The normalized spacial score (nSPS) is 11.4. The average molecular weight is 356 g/mol. The maximum atomic E-state index is 11.5. The van der Waals surface area contributed by atoms with E-state index in [1.807, 2.05) is 33.0 Å². The summed E-state index contributed by atoms with van der Waals surface area (Å²) < 4.78 is 7.65. The minimum atomic E-state index is -0.488. The van der Waals surface area contributed by atoms with Gasteiger partial charge >= 0.3 is 6.09 Å². The van der Waals surface area contributed by atoms with Crippen LogP contribution in [-0.2, 0) is 4.74 Å². The maximum Gasteiger partial charge on any atom is 0.407 e. The molecular weight excluding hydrogens is 338 g/mol. The van der Waals surface area contributed by atoms with Crippen LogP contribution in [-0.4, -0.2) is 39.4 Å². The first-order valence-corrected chi connectivity index (χ1v) is 7.35. The number of nitrogens with one attached hydrogen (secondary N) is 2. The molecule has 0 aliphatic rings. The Bertz CT molecular complexity index is 635. The lowest BCUT2D eigenvalue weighted by Crippen LogP contribution is -2.35. The van der Waals surface area contributed by atoms with Crippen LogP contribution in [0, 0.1) is 0 Å². The van der Waals surface area contributed by atoms with E-state index in [0.717, 1.165) is 15.9 Å². The van der Waals surface area contributed by atoms with Crippen molar-refractivity contribution in [3.05, 3.63) is 22.9 Å². The molecule has 0 aliphatic heterocycles. The first-order valence-electron chi connectivity index (χ1n) is 6.56. The molecule has 0 unspecified atom stereocenters. The lowest BCUT2D eigenvalue weighted by Gasteiger charge is -2.19. The Morgan fingerprint density at radius 3 is 2.90 bits per heavy atom. The minimum Gasteiger partial charge on any atom is -0.444 e. The molecule has 114 valence electrons. The fourth-order valence-corrected chi connectivity index (χ4v) is 1.97. The zero-order valence-electron chi connectivity index (χ0n) is 12.2. The van der Waals surface area contributed by atoms with Gasteiger partial charge in [0.05, 0.1) is 10.7 Å². The summed E-state index contributed by atoms with van der Waals surface area (Å²) >= 11 is 3.38. The van der Waals surface area contributed by atoms with Crippen LogP contribution in [0.2, 0.25) is 0 Å². The summed E-state index contributed by atoms with van der Waals surface area (Å²) in [7, 11) is 0. The van der Waals surface area contributed by atoms with Crippen molar-refractivity contribution in [2.75, 3.05) is 18.4 Å². The molecule has 0 bridgehead atoms. The van der Waals surface area contributed by atoms with Crippen LogP contribution in [0.1, 0.15) is 20.8 Å². The van der Waals surface area contributed by atoms with Gasteiger partial charge in [0.1, 0.15) is 11.4 Å². The Morgan fingerprint density at radius 1 is 1.43 bits per heavy atom. The number of aromatic nitrogens is 3. The number of carbonyl (C=O) groups is 1. The van der Waals surface area contributed by atoms with Crippen molar-refractivity contribution in [1.82, 2.24) is 19.9 Å². The number of nitrogens with zero attached hydrogens (tertiary/aromatic N) is 3. The van der Waals surface area contributed by atoms with Crippen LogP contribution >= 0.6 is 15.9 Å². The minimum absolute atomic E-state index is 0.425. The van der Waals surface area contributed by atoms with Crippen molar-refractivity contribution in [3.8, 4) is 0 Å². The summed E-state index contributed by atoms with van der Waals surface area (Å²) in [6, 6.07) is 1.82. The number of ether oxygens (including phenoxy) is 1. The number of hydrogen-bond donors (Lipinski definition) is 2. The Morgan fingerprint density at radius 2 is 2.19 bits per heavy atom. The fourth-order valence-electron chi connectivity index (χ4n) is 1.61. The Balaban J connectivity index is 1.80. The standard InChI is InChI=1S/C13H18BrN5O2/c1-13(2,3)21-12(20)16-6-5-15-10-4-7-19-11(18-10)9(14)8-17-19/h4,7-8H,5-6H2,1-3H3,(H,15,18)(H,16,20). The predicted octanol–water partition coefficient (Wildman–Crippen LogP) is 2.43. The predicted molar refractivity (Wildman–Crippen MR) is 83.4 cm³/mol. The van der Waals surface area contributed by atoms with Gasteiger partial charge in [-0.25, -0.2) is 14.3 Å². The molecule has 0 atom stereocenters. The van der Waals surface area contributed by atoms with Crippen molar-refractivity contribution in [1.29, 1.82) is 0 Å². The number of fused-ring (bicyclic) bond motifs is 1. The molecule has 2 rings (SSSR count). The summed E-state index contributed by atoms with van der Waals surface area (Å²) in [5.41, 5.74) is 0.248. The average Bonchev–Trinajstić information content (AvgIpc) is 2.74. The molecule has 2 aromatic heterocycles. The van der Waals surface area contributed by atoms with Gasteiger partial charge in [0.25, 0.3) is 0 Å². The van der Waals surface area contributed by atoms with Crippen molar-refractivity contribution >= 4 is 33.5 Å². The van der Waals surface area contributed by atoms with Crippen molar-refractivity contribution in [2.24, 2.45) is 0 Å². The number of carbonyl (C=O) groups excluding carboxylic acids is 1. The highest BCUT2D eigenvalue weighted by atomic mass is 79.9.